The second-order valence-electron chi connectivity index (χ2n) is 12.3. The Labute approximate surface area is 245 Å². The van der Waals surface area contributed by atoms with Gasteiger partial charge in [-0.15, -0.1) is 0 Å². The number of hydrogen-bond donors (Lipinski definition) is 0. The van der Waals surface area contributed by atoms with Crippen molar-refractivity contribution in [1.82, 2.24) is 4.90 Å². The van der Waals surface area contributed by atoms with Crippen LogP contribution in [0.15, 0.2) is 121 Å². The molecule has 210 valence electrons. The largest absolute Gasteiger partial charge is 0.405 e. The van der Waals surface area contributed by atoms with Crippen LogP contribution in [0.2, 0.25) is 5.04 Å². The van der Waals surface area contributed by atoms with Gasteiger partial charge in [0.2, 0.25) is 5.91 Å². The maximum Gasteiger partial charge on any atom is 0.261 e. The highest BCUT2D eigenvalue weighted by Gasteiger charge is 2.55. The Morgan fingerprint density at radius 2 is 1.29 bits per heavy atom. The first-order valence-corrected chi connectivity index (χ1v) is 16.6. The maximum absolute atomic E-state index is 14.0. The van der Waals surface area contributed by atoms with Crippen LogP contribution < -0.4 is 10.4 Å². The third-order valence-electron chi connectivity index (χ3n) is 8.75. The van der Waals surface area contributed by atoms with Crippen molar-refractivity contribution in [3.63, 3.8) is 0 Å². The van der Waals surface area contributed by atoms with Crippen molar-refractivity contribution in [3.8, 4) is 0 Å². The van der Waals surface area contributed by atoms with E-state index in [1.807, 2.05) is 41.3 Å². The van der Waals surface area contributed by atoms with E-state index in [1.165, 1.54) is 15.9 Å². The van der Waals surface area contributed by atoms with Crippen molar-refractivity contribution in [3.05, 3.63) is 132 Å². The second kappa shape index (κ2) is 11.4. The van der Waals surface area contributed by atoms with Crippen molar-refractivity contribution in [1.29, 1.82) is 0 Å². The van der Waals surface area contributed by atoms with Gasteiger partial charge in [-0.3, -0.25) is 4.79 Å². The zero-order valence-electron chi connectivity index (χ0n) is 24.1. The lowest BCUT2D eigenvalue weighted by Crippen LogP contribution is -2.67. The Hall–Kier alpha value is -3.51. The summed E-state index contributed by atoms with van der Waals surface area (Å²) in [5, 5.41) is 2.32. The molecule has 41 heavy (non-hydrogen) atoms. The molecular formula is C36H39NO3Si. The van der Waals surface area contributed by atoms with Crippen LogP contribution in [-0.2, 0) is 20.4 Å². The average molecular weight is 562 g/mol. The van der Waals surface area contributed by atoms with Gasteiger partial charge in [0.1, 0.15) is 12.3 Å². The topological polar surface area (TPSA) is 38.8 Å². The molecule has 2 saturated heterocycles. The molecule has 4 atom stereocenters. The Morgan fingerprint density at radius 3 is 1.83 bits per heavy atom. The molecule has 1 amide bonds. The summed E-state index contributed by atoms with van der Waals surface area (Å²) in [6.45, 7) is 7.28. The van der Waals surface area contributed by atoms with Crippen LogP contribution in [0.4, 0.5) is 0 Å². The first kappa shape index (κ1) is 27.6. The summed E-state index contributed by atoms with van der Waals surface area (Å²) in [6.07, 6.45) is 0.955. The van der Waals surface area contributed by atoms with E-state index in [0.29, 0.717) is 13.0 Å². The number of ether oxygens (including phenoxy) is 1. The number of carbonyl (C=O) groups is 1. The Bertz CT molecular complexity index is 1400. The van der Waals surface area contributed by atoms with Crippen LogP contribution >= 0.6 is 0 Å². The number of amides is 1. The molecule has 0 bridgehead atoms. The fraction of sp³-hybridized carbons (Fsp3) is 0.306. The van der Waals surface area contributed by atoms with Gasteiger partial charge in [0, 0.05) is 12.3 Å². The molecule has 0 radical (unpaired) electrons. The third-order valence-corrected chi connectivity index (χ3v) is 13.8. The van der Waals surface area contributed by atoms with Gasteiger partial charge in [0.25, 0.3) is 8.32 Å². The van der Waals surface area contributed by atoms with Crippen molar-refractivity contribution in [2.24, 2.45) is 5.92 Å². The summed E-state index contributed by atoms with van der Waals surface area (Å²) in [6, 6.07) is 41.8. The standard InChI is InChI=1S/C36H39NO3Si/c1-36(2,3)41(30-20-12-6-13-21-30,31-22-14-7-15-23-31)39-26-32-34(28-18-10-5-11-19-28)40-33-25-29(35(38)37(32)33)24-27-16-8-4-9-17-27/h4-23,29,32-34H,24-26H2,1-3H3/t29-,32+,33?,34+/m1/s1. The highest BCUT2D eigenvalue weighted by Crippen LogP contribution is 2.44. The predicted molar refractivity (Wildman–Crippen MR) is 167 cm³/mol. The molecule has 5 heteroatoms. The quantitative estimate of drug-likeness (QED) is 0.243. The highest BCUT2D eigenvalue weighted by atomic mass is 28.4. The van der Waals surface area contributed by atoms with E-state index in [1.54, 1.807) is 0 Å². The van der Waals surface area contributed by atoms with Crippen LogP contribution in [-0.4, -0.2) is 38.0 Å². The minimum atomic E-state index is -2.78. The molecule has 0 aromatic heterocycles. The minimum Gasteiger partial charge on any atom is -0.405 e. The lowest BCUT2D eigenvalue weighted by atomic mass is 9.97. The van der Waals surface area contributed by atoms with Crippen molar-refractivity contribution in [2.45, 2.75) is 57.0 Å². The minimum absolute atomic E-state index is 0.0884. The molecule has 4 nitrogen and oxygen atoms in total. The predicted octanol–water partition coefficient (Wildman–Crippen LogP) is 6.12. The monoisotopic (exact) mass is 561 g/mol. The van der Waals surface area contributed by atoms with Gasteiger partial charge in [0.05, 0.1) is 12.6 Å². The van der Waals surface area contributed by atoms with Crippen LogP contribution in [0.5, 0.6) is 0 Å². The molecule has 2 heterocycles. The number of fused-ring (bicyclic) bond motifs is 1. The van der Waals surface area contributed by atoms with Crippen LogP contribution in [0, 0.1) is 5.92 Å². The lowest BCUT2D eigenvalue weighted by Gasteiger charge is -2.44. The Kier molecular flexibility index (Phi) is 7.69. The molecule has 2 aliphatic heterocycles. The summed E-state index contributed by atoms with van der Waals surface area (Å²) in [4.78, 5) is 16.1. The summed E-state index contributed by atoms with van der Waals surface area (Å²) in [5.41, 5.74) is 2.28. The van der Waals surface area contributed by atoms with Crippen LogP contribution in [0.1, 0.15) is 44.4 Å². The normalized spacial score (nSPS) is 22.6. The van der Waals surface area contributed by atoms with Gasteiger partial charge in [-0.2, -0.15) is 0 Å². The number of hydrogen-bond acceptors (Lipinski definition) is 3. The number of nitrogens with zero attached hydrogens (tertiary/aromatic N) is 1. The summed E-state index contributed by atoms with van der Waals surface area (Å²) in [5.74, 6) is 0.0859. The molecule has 0 N–H and O–H groups in total. The fourth-order valence-corrected chi connectivity index (χ4v) is 11.4. The summed E-state index contributed by atoms with van der Waals surface area (Å²) >= 11 is 0. The fourth-order valence-electron chi connectivity index (χ4n) is 6.87. The molecule has 2 aliphatic rings. The molecule has 0 spiro atoms. The van der Waals surface area contributed by atoms with E-state index in [2.05, 4.69) is 106 Å². The van der Waals surface area contributed by atoms with E-state index in [4.69, 9.17) is 9.16 Å². The first-order chi connectivity index (χ1) is 19.9. The van der Waals surface area contributed by atoms with Crippen molar-refractivity contribution in [2.75, 3.05) is 6.61 Å². The lowest BCUT2D eigenvalue weighted by molar-refractivity contribution is -0.134. The van der Waals surface area contributed by atoms with E-state index in [-0.39, 0.29) is 35.2 Å². The van der Waals surface area contributed by atoms with E-state index < -0.39 is 8.32 Å². The van der Waals surface area contributed by atoms with Gasteiger partial charge in [-0.05, 0) is 33.0 Å². The maximum atomic E-state index is 14.0. The molecule has 0 aliphatic carbocycles. The number of carbonyl (C=O) groups excluding carboxylic acids is 1. The number of benzene rings is 4. The molecule has 0 saturated carbocycles. The number of rotatable bonds is 8. The smallest absolute Gasteiger partial charge is 0.261 e. The van der Waals surface area contributed by atoms with E-state index in [9.17, 15) is 4.79 Å². The Balaban J connectivity index is 1.37. The first-order valence-electron chi connectivity index (χ1n) is 14.7. The van der Waals surface area contributed by atoms with E-state index >= 15 is 0 Å². The zero-order chi connectivity index (χ0) is 28.5. The molecule has 1 unspecified atom stereocenters. The second-order valence-corrected chi connectivity index (χ2v) is 16.6. The molecular weight excluding hydrogens is 522 g/mol. The van der Waals surface area contributed by atoms with Gasteiger partial charge in [-0.1, -0.05) is 142 Å². The van der Waals surface area contributed by atoms with Gasteiger partial charge in [-0.25, -0.2) is 0 Å². The third kappa shape index (κ3) is 5.18. The summed E-state index contributed by atoms with van der Waals surface area (Å²) < 4.78 is 14.1. The van der Waals surface area contributed by atoms with E-state index in [0.717, 1.165) is 12.0 Å². The van der Waals surface area contributed by atoms with Gasteiger partial charge < -0.3 is 14.1 Å². The van der Waals surface area contributed by atoms with Gasteiger partial charge in [0.15, 0.2) is 0 Å². The van der Waals surface area contributed by atoms with Crippen molar-refractivity contribution < 1.29 is 14.0 Å². The SMILES string of the molecule is CC(C)(C)[Si](OC[C@H]1[C@H](c2ccccc2)OC2C[C@@H](Cc3ccccc3)C(=O)N21)(c1ccccc1)c1ccccc1. The average Bonchev–Trinajstić information content (AvgIpc) is 3.50. The summed E-state index contributed by atoms with van der Waals surface area (Å²) in [7, 11) is -2.78. The van der Waals surface area contributed by atoms with Crippen LogP contribution in [0.25, 0.3) is 0 Å². The Morgan fingerprint density at radius 1 is 0.780 bits per heavy atom. The molecule has 2 fully saturated rings. The zero-order valence-corrected chi connectivity index (χ0v) is 25.1. The highest BCUT2D eigenvalue weighted by molar-refractivity contribution is 6.99. The molecule has 4 aromatic carbocycles. The van der Waals surface area contributed by atoms with Crippen molar-refractivity contribution >= 4 is 24.6 Å². The molecule has 4 aromatic rings. The molecule has 6 rings (SSSR count). The van der Waals surface area contributed by atoms with Gasteiger partial charge >= 0.3 is 0 Å². The van der Waals surface area contributed by atoms with Crippen LogP contribution in [0.3, 0.4) is 0 Å².